The Bertz CT molecular complexity index is 1240. The Hall–Kier alpha value is -3.33. The van der Waals surface area contributed by atoms with Gasteiger partial charge in [-0.3, -0.25) is 14.6 Å². The van der Waals surface area contributed by atoms with Crippen molar-refractivity contribution in [3.8, 4) is 0 Å². The Labute approximate surface area is 208 Å². The van der Waals surface area contributed by atoms with Crippen LogP contribution in [0.25, 0.3) is 0 Å². The van der Waals surface area contributed by atoms with Gasteiger partial charge in [-0.05, 0) is 54.0 Å². The van der Waals surface area contributed by atoms with Gasteiger partial charge < -0.3 is 9.84 Å². The van der Waals surface area contributed by atoms with E-state index in [0.717, 1.165) is 43.7 Å². The quantitative estimate of drug-likeness (QED) is 0.404. The molecule has 1 amide bonds. The van der Waals surface area contributed by atoms with E-state index in [4.69, 9.17) is 4.52 Å². The zero-order valence-corrected chi connectivity index (χ0v) is 20.1. The molecular weight excluding hydrogens is 469 g/mol. The molecule has 5 rings (SSSR count). The third-order valence-corrected chi connectivity index (χ3v) is 6.84. The number of hydrogen-bond donors (Lipinski definition) is 1. The first-order chi connectivity index (χ1) is 17.3. The van der Waals surface area contributed by atoms with Gasteiger partial charge >= 0.3 is 6.18 Å². The molecule has 2 heterocycles. The second kappa shape index (κ2) is 9.97. The Balaban J connectivity index is 1.35. The summed E-state index contributed by atoms with van der Waals surface area (Å²) in [5.74, 6) is 0.986. The minimum atomic E-state index is -4.52. The van der Waals surface area contributed by atoms with Gasteiger partial charge in [0, 0.05) is 37.8 Å². The molecule has 1 fully saturated rings. The highest BCUT2D eigenvalue weighted by atomic mass is 19.4. The molecule has 6 nitrogen and oxygen atoms in total. The number of benzene rings is 2. The lowest BCUT2D eigenvalue weighted by Crippen LogP contribution is -2.32. The summed E-state index contributed by atoms with van der Waals surface area (Å²) in [6, 6.07) is 12.9. The van der Waals surface area contributed by atoms with E-state index in [-0.39, 0.29) is 30.3 Å². The lowest BCUT2D eigenvalue weighted by molar-refractivity contribution is -0.138. The highest BCUT2D eigenvalue weighted by Crippen LogP contribution is 2.35. The SMILES string of the molecule is CCC(=O)N(Cc1ccccc1C(F)(F)F)c1cc(Nc2cccc3c2CCN(CC2CC2)C3)no1. The zero-order valence-electron chi connectivity index (χ0n) is 20.1. The predicted molar refractivity (Wildman–Crippen MR) is 131 cm³/mol. The summed E-state index contributed by atoms with van der Waals surface area (Å²) < 4.78 is 46.0. The first-order valence-corrected chi connectivity index (χ1v) is 12.3. The Kier molecular flexibility index (Phi) is 6.75. The van der Waals surface area contributed by atoms with Crippen LogP contribution in [-0.2, 0) is 30.5 Å². The molecule has 0 unspecified atom stereocenters. The van der Waals surface area contributed by atoms with Gasteiger partial charge in [0.15, 0.2) is 5.82 Å². The minimum absolute atomic E-state index is 0.00871. The smallest absolute Gasteiger partial charge is 0.337 e. The van der Waals surface area contributed by atoms with Gasteiger partial charge in [-0.15, -0.1) is 0 Å². The maximum absolute atomic E-state index is 13.5. The molecule has 1 N–H and O–H groups in total. The third-order valence-electron chi connectivity index (χ3n) is 6.84. The average Bonchev–Trinajstić information content (AvgIpc) is 3.56. The van der Waals surface area contributed by atoms with Gasteiger partial charge in [0.25, 0.3) is 0 Å². The van der Waals surface area contributed by atoms with Gasteiger partial charge in [0.05, 0.1) is 12.1 Å². The molecule has 190 valence electrons. The topological polar surface area (TPSA) is 61.6 Å². The lowest BCUT2D eigenvalue weighted by Gasteiger charge is -2.30. The fourth-order valence-electron chi connectivity index (χ4n) is 4.78. The molecule has 0 atom stereocenters. The maximum Gasteiger partial charge on any atom is 0.416 e. The molecule has 1 aliphatic carbocycles. The highest BCUT2D eigenvalue weighted by Gasteiger charge is 2.34. The van der Waals surface area contributed by atoms with Crippen LogP contribution in [0.2, 0.25) is 0 Å². The van der Waals surface area contributed by atoms with Crippen LogP contribution in [0.4, 0.5) is 30.6 Å². The van der Waals surface area contributed by atoms with Crippen LogP contribution in [-0.4, -0.2) is 29.1 Å². The molecular formula is C27H29F3N4O2. The van der Waals surface area contributed by atoms with E-state index in [0.29, 0.717) is 5.82 Å². The van der Waals surface area contributed by atoms with E-state index in [9.17, 15) is 18.0 Å². The summed E-state index contributed by atoms with van der Waals surface area (Å²) in [6.45, 7) is 4.47. The number of fused-ring (bicyclic) bond motifs is 1. The largest absolute Gasteiger partial charge is 0.416 e. The number of amides is 1. The zero-order chi connectivity index (χ0) is 25.3. The van der Waals surface area contributed by atoms with E-state index in [1.165, 1.54) is 47.1 Å². The Morgan fingerprint density at radius 3 is 2.75 bits per heavy atom. The standard InChI is InChI=1S/C27H29F3N4O2/c1-2-25(35)34(17-20-6-3-4-8-22(20)27(28,29)30)26-14-24(32-36-26)31-23-9-5-7-19-16-33(13-12-21(19)23)15-18-10-11-18/h3-9,14,18H,2,10-13,15-17H2,1H3,(H,31,32). The summed E-state index contributed by atoms with van der Waals surface area (Å²) in [5.41, 5.74) is 2.65. The molecule has 1 aliphatic heterocycles. The molecule has 1 saturated carbocycles. The normalized spacial score (nSPS) is 16.0. The summed E-state index contributed by atoms with van der Waals surface area (Å²) in [7, 11) is 0. The van der Waals surface area contributed by atoms with E-state index in [2.05, 4.69) is 21.4 Å². The first kappa shape index (κ1) is 24.4. The number of carbonyl (C=O) groups excluding carboxylic acids is 1. The Morgan fingerprint density at radius 2 is 2.00 bits per heavy atom. The number of carbonyl (C=O) groups is 1. The fourth-order valence-corrected chi connectivity index (χ4v) is 4.78. The Morgan fingerprint density at radius 1 is 1.19 bits per heavy atom. The van der Waals surface area contributed by atoms with Crippen molar-refractivity contribution in [2.75, 3.05) is 23.3 Å². The van der Waals surface area contributed by atoms with Gasteiger partial charge in [0.1, 0.15) is 0 Å². The van der Waals surface area contributed by atoms with E-state index in [1.807, 2.05) is 12.1 Å². The number of nitrogens with zero attached hydrogens (tertiary/aromatic N) is 3. The molecule has 1 aromatic heterocycles. The molecule has 0 bridgehead atoms. The number of halogens is 3. The van der Waals surface area contributed by atoms with Crippen LogP contribution in [0.15, 0.2) is 53.1 Å². The summed E-state index contributed by atoms with van der Waals surface area (Å²) in [5, 5.41) is 7.35. The molecule has 2 aliphatic rings. The molecule has 0 radical (unpaired) electrons. The van der Waals surface area contributed by atoms with Gasteiger partial charge in [-0.2, -0.15) is 13.2 Å². The summed E-state index contributed by atoms with van der Waals surface area (Å²) in [6.07, 6.45) is -0.824. The lowest BCUT2D eigenvalue weighted by atomic mass is 9.97. The van der Waals surface area contributed by atoms with Crippen LogP contribution in [0.1, 0.15) is 48.4 Å². The number of hydrogen-bond acceptors (Lipinski definition) is 5. The summed E-state index contributed by atoms with van der Waals surface area (Å²) >= 11 is 0. The van der Waals surface area contributed by atoms with Crippen LogP contribution in [0, 0.1) is 5.92 Å². The molecule has 9 heteroatoms. The van der Waals surface area contributed by atoms with Gasteiger partial charge in [-0.1, -0.05) is 42.4 Å². The number of rotatable bonds is 8. The second-order valence-corrected chi connectivity index (χ2v) is 9.54. The molecule has 0 saturated heterocycles. The van der Waals surface area contributed by atoms with Gasteiger partial charge in [0.2, 0.25) is 11.8 Å². The van der Waals surface area contributed by atoms with E-state index < -0.39 is 11.7 Å². The van der Waals surface area contributed by atoms with Crippen molar-refractivity contribution in [3.05, 3.63) is 70.8 Å². The molecule has 3 aromatic rings. The minimum Gasteiger partial charge on any atom is -0.337 e. The molecule has 0 spiro atoms. The van der Waals surface area contributed by atoms with E-state index in [1.54, 1.807) is 13.0 Å². The van der Waals surface area contributed by atoms with Gasteiger partial charge in [-0.25, -0.2) is 0 Å². The van der Waals surface area contributed by atoms with Crippen LogP contribution >= 0.6 is 0 Å². The average molecular weight is 499 g/mol. The van der Waals surface area contributed by atoms with Crippen molar-refractivity contribution in [2.45, 2.75) is 51.9 Å². The third kappa shape index (κ3) is 5.41. The first-order valence-electron chi connectivity index (χ1n) is 12.3. The molecule has 2 aromatic carbocycles. The fraction of sp³-hybridized carbons (Fsp3) is 0.407. The van der Waals surface area contributed by atoms with Crippen molar-refractivity contribution in [2.24, 2.45) is 5.92 Å². The van der Waals surface area contributed by atoms with Crippen molar-refractivity contribution in [3.63, 3.8) is 0 Å². The van der Waals surface area contributed by atoms with E-state index >= 15 is 0 Å². The van der Waals surface area contributed by atoms with Crippen LogP contribution < -0.4 is 10.2 Å². The monoisotopic (exact) mass is 498 g/mol. The number of aromatic nitrogens is 1. The predicted octanol–water partition coefficient (Wildman–Crippen LogP) is 6.15. The van der Waals surface area contributed by atoms with Crippen LogP contribution in [0.5, 0.6) is 0 Å². The van der Waals surface area contributed by atoms with Crippen molar-refractivity contribution in [1.82, 2.24) is 10.1 Å². The number of nitrogens with one attached hydrogen (secondary N) is 1. The number of alkyl halides is 3. The second-order valence-electron chi connectivity index (χ2n) is 9.54. The van der Waals surface area contributed by atoms with Crippen molar-refractivity contribution >= 4 is 23.3 Å². The van der Waals surface area contributed by atoms with Crippen molar-refractivity contribution < 1.29 is 22.5 Å². The maximum atomic E-state index is 13.5. The summed E-state index contributed by atoms with van der Waals surface area (Å²) in [4.78, 5) is 16.4. The highest BCUT2D eigenvalue weighted by molar-refractivity contribution is 5.92. The number of anilines is 3. The van der Waals surface area contributed by atoms with Crippen molar-refractivity contribution in [1.29, 1.82) is 0 Å². The van der Waals surface area contributed by atoms with Crippen LogP contribution in [0.3, 0.4) is 0 Å². The molecule has 36 heavy (non-hydrogen) atoms.